The average molecular weight is 344 g/mol. The fourth-order valence-corrected chi connectivity index (χ4v) is 2.65. The first kappa shape index (κ1) is 21.2. The lowest BCUT2D eigenvalue weighted by atomic mass is 10.2. The molecule has 1 fully saturated rings. The molecular formula is C17H37N5O2. The van der Waals surface area contributed by atoms with Gasteiger partial charge in [0.1, 0.15) is 0 Å². The normalized spacial score (nSPS) is 18.0. The molecule has 1 aliphatic rings. The Hall–Kier alpha value is -0.890. The molecular weight excluding hydrogens is 306 g/mol. The third kappa shape index (κ3) is 9.42. The summed E-state index contributed by atoms with van der Waals surface area (Å²) in [6.07, 6.45) is 1.07. The van der Waals surface area contributed by atoms with Gasteiger partial charge in [-0.3, -0.25) is 9.89 Å². The first-order chi connectivity index (χ1) is 11.7. The van der Waals surface area contributed by atoms with E-state index in [1.54, 1.807) is 7.11 Å². The van der Waals surface area contributed by atoms with E-state index in [9.17, 15) is 0 Å². The fourth-order valence-electron chi connectivity index (χ4n) is 2.65. The van der Waals surface area contributed by atoms with Crippen molar-refractivity contribution in [3.8, 4) is 0 Å². The maximum atomic E-state index is 5.41. The summed E-state index contributed by atoms with van der Waals surface area (Å²) in [6.45, 7) is 13.5. The molecule has 142 valence electrons. The summed E-state index contributed by atoms with van der Waals surface area (Å²) < 4.78 is 10.5. The van der Waals surface area contributed by atoms with Gasteiger partial charge in [0.25, 0.3) is 0 Å². The molecule has 0 amide bonds. The van der Waals surface area contributed by atoms with E-state index < -0.39 is 0 Å². The maximum absolute atomic E-state index is 5.41. The Labute approximate surface area is 147 Å². The minimum atomic E-state index is 0.445. The van der Waals surface area contributed by atoms with E-state index in [1.165, 1.54) is 0 Å². The number of rotatable bonds is 11. The molecule has 1 aliphatic heterocycles. The summed E-state index contributed by atoms with van der Waals surface area (Å²) in [4.78, 5) is 9.49. The topological polar surface area (TPSA) is 61.4 Å². The minimum Gasteiger partial charge on any atom is -0.385 e. The van der Waals surface area contributed by atoms with Crippen molar-refractivity contribution < 1.29 is 9.47 Å². The van der Waals surface area contributed by atoms with Gasteiger partial charge in [0.15, 0.2) is 5.96 Å². The molecule has 1 saturated heterocycles. The average Bonchev–Trinajstić information content (AvgIpc) is 2.60. The van der Waals surface area contributed by atoms with E-state index in [1.807, 2.05) is 0 Å². The number of likely N-dealkylation sites (N-methyl/N-ethyl adjacent to an activating group) is 1. The predicted molar refractivity (Wildman–Crippen MR) is 99.8 cm³/mol. The van der Waals surface area contributed by atoms with Crippen molar-refractivity contribution in [1.29, 1.82) is 0 Å². The third-order valence-electron chi connectivity index (χ3n) is 4.20. The molecule has 0 spiro atoms. The van der Waals surface area contributed by atoms with Gasteiger partial charge >= 0.3 is 0 Å². The zero-order valence-electron chi connectivity index (χ0n) is 16.0. The molecule has 0 aromatic carbocycles. The second kappa shape index (κ2) is 13.4. The highest BCUT2D eigenvalue weighted by molar-refractivity contribution is 5.79. The first-order valence-corrected chi connectivity index (χ1v) is 9.18. The third-order valence-corrected chi connectivity index (χ3v) is 4.20. The van der Waals surface area contributed by atoms with Crippen LogP contribution in [-0.2, 0) is 9.47 Å². The maximum Gasteiger partial charge on any atom is 0.191 e. The second-order valence-corrected chi connectivity index (χ2v) is 6.29. The fraction of sp³-hybridized carbons (Fsp3) is 0.941. The molecule has 1 atom stereocenters. The number of nitrogens with one attached hydrogen (secondary N) is 2. The number of nitrogens with zero attached hydrogens (tertiary/aromatic N) is 3. The molecule has 1 rings (SSSR count). The number of aliphatic imine (C=N–C) groups is 1. The van der Waals surface area contributed by atoms with Crippen molar-refractivity contribution in [1.82, 2.24) is 20.4 Å². The first-order valence-electron chi connectivity index (χ1n) is 9.18. The highest BCUT2D eigenvalue weighted by atomic mass is 16.5. The van der Waals surface area contributed by atoms with Crippen LogP contribution in [0, 0.1) is 0 Å². The van der Waals surface area contributed by atoms with Crippen molar-refractivity contribution in [3.05, 3.63) is 0 Å². The Morgan fingerprint density at radius 3 is 2.71 bits per heavy atom. The Bertz CT molecular complexity index is 335. The van der Waals surface area contributed by atoms with Crippen LogP contribution in [0.1, 0.15) is 20.3 Å². The summed E-state index contributed by atoms with van der Waals surface area (Å²) in [7, 11) is 3.89. The van der Waals surface area contributed by atoms with Crippen LogP contribution in [0.25, 0.3) is 0 Å². The SMILES string of the molecule is CCNC(=NCC(C)N1CCOCC1)NCCN(C)CCCOC. The standard InChI is InChI=1S/C17H37N5O2/c1-5-18-17(19-7-9-21(3)8-6-12-23-4)20-15-16(2)22-10-13-24-14-11-22/h16H,5-15H2,1-4H3,(H2,18,19,20). The monoisotopic (exact) mass is 343 g/mol. The van der Waals surface area contributed by atoms with Gasteiger partial charge in [-0.2, -0.15) is 0 Å². The highest BCUT2D eigenvalue weighted by Gasteiger charge is 2.16. The van der Waals surface area contributed by atoms with Crippen molar-refractivity contribution in [2.75, 3.05) is 79.8 Å². The summed E-state index contributed by atoms with van der Waals surface area (Å²) in [5.41, 5.74) is 0. The van der Waals surface area contributed by atoms with Crippen LogP contribution in [-0.4, -0.2) is 102 Å². The van der Waals surface area contributed by atoms with Crippen molar-refractivity contribution in [2.45, 2.75) is 26.3 Å². The smallest absolute Gasteiger partial charge is 0.191 e. The van der Waals surface area contributed by atoms with Crippen LogP contribution in [0.5, 0.6) is 0 Å². The Morgan fingerprint density at radius 1 is 1.29 bits per heavy atom. The predicted octanol–water partition coefficient (Wildman–Crippen LogP) is 0.231. The van der Waals surface area contributed by atoms with Crippen LogP contribution in [0.4, 0.5) is 0 Å². The number of ether oxygens (including phenoxy) is 2. The van der Waals surface area contributed by atoms with E-state index in [-0.39, 0.29) is 0 Å². The summed E-state index contributed by atoms with van der Waals surface area (Å²) in [5, 5.41) is 6.75. The molecule has 0 saturated carbocycles. The molecule has 0 aromatic rings. The quantitative estimate of drug-likeness (QED) is 0.318. The molecule has 1 heterocycles. The van der Waals surface area contributed by atoms with E-state index in [0.29, 0.717) is 6.04 Å². The van der Waals surface area contributed by atoms with Gasteiger partial charge in [-0.1, -0.05) is 0 Å². The number of hydrogen-bond acceptors (Lipinski definition) is 5. The number of hydrogen-bond donors (Lipinski definition) is 2. The summed E-state index contributed by atoms with van der Waals surface area (Å²) >= 11 is 0. The molecule has 7 heteroatoms. The van der Waals surface area contributed by atoms with Gasteiger partial charge in [0, 0.05) is 59.0 Å². The van der Waals surface area contributed by atoms with Crippen LogP contribution in [0.15, 0.2) is 4.99 Å². The van der Waals surface area contributed by atoms with Crippen LogP contribution < -0.4 is 10.6 Å². The van der Waals surface area contributed by atoms with Gasteiger partial charge in [-0.15, -0.1) is 0 Å². The number of morpholine rings is 1. The van der Waals surface area contributed by atoms with E-state index >= 15 is 0 Å². The van der Waals surface area contributed by atoms with E-state index in [2.05, 4.69) is 41.3 Å². The second-order valence-electron chi connectivity index (χ2n) is 6.29. The summed E-state index contributed by atoms with van der Waals surface area (Å²) in [5.74, 6) is 0.905. The van der Waals surface area contributed by atoms with Gasteiger partial charge < -0.3 is 25.0 Å². The van der Waals surface area contributed by atoms with Crippen molar-refractivity contribution in [2.24, 2.45) is 4.99 Å². The zero-order valence-corrected chi connectivity index (χ0v) is 16.0. The lowest BCUT2D eigenvalue weighted by molar-refractivity contribution is 0.0220. The molecule has 1 unspecified atom stereocenters. The molecule has 7 nitrogen and oxygen atoms in total. The molecule has 0 aliphatic carbocycles. The molecule has 0 radical (unpaired) electrons. The Balaban J connectivity index is 2.28. The van der Waals surface area contributed by atoms with Crippen LogP contribution in [0.3, 0.4) is 0 Å². The molecule has 24 heavy (non-hydrogen) atoms. The van der Waals surface area contributed by atoms with Crippen molar-refractivity contribution >= 4 is 5.96 Å². The lowest BCUT2D eigenvalue weighted by Crippen LogP contribution is -2.45. The van der Waals surface area contributed by atoms with E-state index in [0.717, 1.165) is 78.0 Å². The zero-order chi connectivity index (χ0) is 17.6. The minimum absolute atomic E-state index is 0.445. The number of guanidine groups is 1. The molecule has 0 bridgehead atoms. The Kier molecular flexibility index (Phi) is 11.8. The molecule has 2 N–H and O–H groups in total. The van der Waals surface area contributed by atoms with Crippen LogP contribution >= 0.6 is 0 Å². The lowest BCUT2D eigenvalue weighted by Gasteiger charge is -2.31. The van der Waals surface area contributed by atoms with Gasteiger partial charge in [-0.25, -0.2) is 0 Å². The Morgan fingerprint density at radius 2 is 2.04 bits per heavy atom. The van der Waals surface area contributed by atoms with E-state index in [4.69, 9.17) is 14.5 Å². The summed E-state index contributed by atoms with van der Waals surface area (Å²) in [6, 6.07) is 0.445. The largest absolute Gasteiger partial charge is 0.385 e. The van der Waals surface area contributed by atoms with Crippen LogP contribution in [0.2, 0.25) is 0 Å². The van der Waals surface area contributed by atoms with Gasteiger partial charge in [0.2, 0.25) is 0 Å². The number of methoxy groups -OCH3 is 1. The van der Waals surface area contributed by atoms with Gasteiger partial charge in [0.05, 0.1) is 19.8 Å². The van der Waals surface area contributed by atoms with Crippen molar-refractivity contribution in [3.63, 3.8) is 0 Å². The molecule has 0 aromatic heterocycles. The highest BCUT2D eigenvalue weighted by Crippen LogP contribution is 2.03. The van der Waals surface area contributed by atoms with Gasteiger partial charge in [-0.05, 0) is 27.3 Å².